The van der Waals surface area contributed by atoms with Crippen LogP contribution in [-0.4, -0.2) is 38.6 Å². The van der Waals surface area contributed by atoms with Gasteiger partial charge >= 0.3 is 0 Å². The lowest BCUT2D eigenvalue weighted by Gasteiger charge is -2.15. The third-order valence-corrected chi connectivity index (χ3v) is 4.13. The van der Waals surface area contributed by atoms with E-state index in [0.717, 1.165) is 42.3 Å². The Balaban J connectivity index is 1.54. The fourth-order valence-corrected chi connectivity index (χ4v) is 2.65. The van der Waals surface area contributed by atoms with E-state index < -0.39 is 0 Å². The van der Waals surface area contributed by atoms with Gasteiger partial charge in [0.2, 0.25) is 5.89 Å². The van der Waals surface area contributed by atoms with Gasteiger partial charge in [-0.2, -0.15) is 4.98 Å². The largest absolute Gasteiger partial charge is 0.339 e. The first-order chi connectivity index (χ1) is 12.5. The standard InChI is InChI=1S/C20H25N5O/c1-14(2)20-23-18(24-26-20)8-9-25(4)13-16-11-21-19(22-12-16)17-7-5-6-15(3)10-17/h5-7,10-12,14H,8-9,13H2,1-4H3. The van der Waals surface area contributed by atoms with Crippen molar-refractivity contribution in [3.05, 3.63) is 59.5 Å². The quantitative estimate of drug-likeness (QED) is 0.647. The van der Waals surface area contributed by atoms with Crippen molar-refractivity contribution in [3.8, 4) is 11.4 Å². The molecule has 0 fully saturated rings. The zero-order chi connectivity index (χ0) is 18.5. The molecule has 3 aromatic rings. The minimum absolute atomic E-state index is 0.262. The molecule has 6 nitrogen and oxygen atoms in total. The zero-order valence-electron chi connectivity index (χ0n) is 15.8. The average Bonchev–Trinajstić information content (AvgIpc) is 3.10. The Morgan fingerprint density at radius 1 is 1.15 bits per heavy atom. The van der Waals surface area contributed by atoms with Crippen LogP contribution < -0.4 is 0 Å². The maximum atomic E-state index is 5.24. The second kappa shape index (κ2) is 8.19. The van der Waals surface area contributed by atoms with Gasteiger partial charge in [0.15, 0.2) is 11.6 Å². The molecule has 0 saturated heterocycles. The molecule has 0 bridgehead atoms. The van der Waals surface area contributed by atoms with Crippen LogP contribution in [-0.2, 0) is 13.0 Å². The summed E-state index contributed by atoms with van der Waals surface area (Å²) < 4.78 is 5.24. The molecular formula is C20H25N5O. The highest BCUT2D eigenvalue weighted by Crippen LogP contribution is 2.16. The molecular weight excluding hydrogens is 326 g/mol. The van der Waals surface area contributed by atoms with Gasteiger partial charge in [-0.1, -0.05) is 42.8 Å². The topological polar surface area (TPSA) is 67.9 Å². The predicted octanol–water partition coefficient (Wildman–Crippen LogP) is 3.63. The number of rotatable bonds is 7. The Hall–Kier alpha value is -2.60. The van der Waals surface area contributed by atoms with Gasteiger partial charge in [0, 0.05) is 48.9 Å². The van der Waals surface area contributed by atoms with E-state index in [0.29, 0.717) is 5.89 Å². The third-order valence-electron chi connectivity index (χ3n) is 4.13. The summed E-state index contributed by atoms with van der Waals surface area (Å²) in [7, 11) is 2.07. The smallest absolute Gasteiger partial charge is 0.229 e. The zero-order valence-corrected chi connectivity index (χ0v) is 15.8. The maximum Gasteiger partial charge on any atom is 0.229 e. The van der Waals surface area contributed by atoms with Gasteiger partial charge in [-0.3, -0.25) is 0 Å². The first kappa shape index (κ1) is 18.2. The number of benzene rings is 1. The molecule has 0 aliphatic carbocycles. The number of hydrogen-bond donors (Lipinski definition) is 0. The van der Waals surface area contributed by atoms with Gasteiger partial charge in [-0.25, -0.2) is 9.97 Å². The lowest BCUT2D eigenvalue weighted by Crippen LogP contribution is -2.21. The summed E-state index contributed by atoms with van der Waals surface area (Å²) in [4.78, 5) is 15.6. The minimum Gasteiger partial charge on any atom is -0.339 e. The Labute approximate surface area is 154 Å². The van der Waals surface area contributed by atoms with Crippen molar-refractivity contribution in [1.29, 1.82) is 0 Å². The lowest BCUT2D eigenvalue weighted by molar-refractivity contribution is 0.322. The fraction of sp³-hybridized carbons (Fsp3) is 0.400. The second-order valence-corrected chi connectivity index (χ2v) is 6.98. The fourth-order valence-electron chi connectivity index (χ4n) is 2.65. The molecule has 6 heteroatoms. The van der Waals surface area contributed by atoms with E-state index in [-0.39, 0.29) is 5.92 Å². The Morgan fingerprint density at radius 2 is 1.92 bits per heavy atom. The van der Waals surface area contributed by atoms with Gasteiger partial charge in [0.25, 0.3) is 0 Å². The van der Waals surface area contributed by atoms with Crippen molar-refractivity contribution in [2.24, 2.45) is 0 Å². The van der Waals surface area contributed by atoms with E-state index in [4.69, 9.17) is 4.52 Å². The minimum atomic E-state index is 0.262. The van der Waals surface area contributed by atoms with Gasteiger partial charge in [0.05, 0.1) is 0 Å². The normalized spacial score (nSPS) is 11.5. The van der Waals surface area contributed by atoms with Crippen LogP contribution in [0, 0.1) is 6.92 Å². The average molecular weight is 351 g/mol. The van der Waals surface area contributed by atoms with E-state index in [1.54, 1.807) is 0 Å². The number of hydrogen-bond acceptors (Lipinski definition) is 6. The van der Waals surface area contributed by atoms with Crippen LogP contribution in [0.15, 0.2) is 41.2 Å². The molecule has 1 aromatic carbocycles. The maximum absolute atomic E-state index is 5.24. The van der Waals surface area contributed by atoms with Crippen molar-refractivity contribution in [2.45, 2.75) is 39.7 Å². The molecule has 2 aromatic heterocycles. The first-order valence-corrected chi connectivity index (χ1v) is 8.90. The molecule has 2 heterocycles. The van der Waals surface area contributed by atoms with Crippen LogP contribution in [0.1, 0.15) is 42.6 Å². The van der Waals surface area contributed by atoms with Gasteiger partial charge in [-0.15, -0.1) is 0 Å². The Bertz CT molecular complexity index is 841. The highest BCUT2D eigenvalue weighted by atomic mass is 16.5. The van der Waals surface area contributed by atoms with Crippen LogP contribution in [0.25, 0.3) is 11.4 Å². The van der Waals surface area contributed by atoms with Gasteiger partial charge in [0.1, 0.15) is 0 Å². The highest BCUT2D eigenvalue weighted by molar-refractivity contribution is 5.55. The monoisotopic (exact) mass is 351 g/mol. The third kappa shape index (κ3) is 4.73. The molecule has 0 aliphatic rings. The summed E-state index contributed by atoms with van der Waals surface area (Å²) in [6.45, 7) is 7.79. The molecule has 0 radical (unpaired) electrons. The summed E-state index contributed by atoms with van der Waals surface area (Å²) in [5.74, 6) is 2.47. The molecule has 0 unspecified atom stereocenters. The molecule has 0 spiro atoms. The van der Waals surface area contributed by atoms with E-state index in [9.17, 15) is 0 Å². The summed E-state index contributed by atoms with van der Waals surface area (Å²) in [5, 5.41) is 4.03. The van der Waals surface area contributed by atoms with E-state index in [1.165, 1.54) is 5.56 Å². The summed E-state index contributed by atoms with van der Waals surface area (Å²) in [6, 6.07) is 8.22. The van der Waals surface area contributed by atoms with E-state index in [1.807, 2.05) is 38.4 Å². The molecule has 0 amide bonds. The second-order valence-electron chi connectivity index (χ2n) is 6.98. The Morgan fingerprint density at radius 3 is 2.58 bits per heavy atom. The number of nitrogens with zero attached hydrogens (tertiary/aromatic N) is 5. The molecule has 0 atom stereocenters. The van der Waals surface area contributed by atoms with Gasteiger partial charge in [-0.05, 0) is 20.0 Å². The SMILES string of the molecule is Cc1cccc(-c2ncc(CN(C)CCc3noc(C(C)C)n3)cn2)c1. The molecule has 0 saturated carbocycles. The van der Waals surface area contributed by atoms with Gasteiger partial charge < -0.3 is 9.42 Å². The van der Waals surface area contributed by atoms with E-state index in [2.05, 4.69) is 51.1 Å². The van der Waals surface area contributed by atoms with Crippen molar-refractivity contribution in [2.75, 3.05) is 13.6 Å². The van der Waals surface area contributed by atoms with E-state index >= 15 is 0 Å². The van der Waals surface area contributed by atoms with Crippen molar-refractivity contribution >= 4 is 0 Å². The lowest BCUT2D eigenvalue weighted by atomic mass is 10.1. The van der Waals surface area contributed by atoms with Crippen LogP contribution in [0.3, 0.4) is 0 Å². The van der Waals surface area contributed by atoms with Crippen LogP contribution in [0.5, 0.6) is 0 Å². The molecule has 0 N–H and O–H groups in total. The summed E-state index contributed by atoms with van der Waals surface area (Å²) in [6.07, 6.45) is 4.55. The molecule has 136 valence electrons. The highest BCUT2D eigenvalue weighted by Gasteiger charge is 2.11. The van der Waals surface area contributed by atoms with Crippen molar-refractivity contribution in [3.63, 3.8) is 0 Å². The Kier molecular flexibility index (Phi) is 5.73. The number of likely N-dealkylation sites (N-methyl/N-ethyl adjacent to an activating group) is 1. The van der Waals surface area contributed by atoms with Crippen molar-refractivity contribution < 1.29 is 4.52 Å². The van der Waals surface area contributed by atoms with Crippen LogP contribution in [0.2, 0.25) is 0 Å². The predicted molar refractivity (Wildman–Crippen MR) is 101 cm³/mol. The first-order valence-electron chi connectivity index (χ1n) is 8.90. The molecule has 26 heavy (non-hydrogen) atoms. The number of aromatic nitrogens is 4. The summed E-state index contributed by atoms with van der Waals surface area (Å²) in [5.41, 5.74) is 3.33. The summed E-state index contributed by atoms with van der Waals surface area (Å²) >= 11 is 0. The van der Waals surface area contributed by atoms with Crippen LogP contribution >= 0.6 is 0 Å². The van der Waals surface area contributed by atoms with Crippen molar-refractivity contribution in [1.82, 2.24) is 25.0 Å². The molecule has 0 aliphatic heterocycles. The molecule has 3 rings (SSSR count). The van der Waals surface area contributed by atoms with Crippen LogP contribution in [0.4, 0.5) is 0 Å². The number of aryl methyl sites for hydroxylation is 1.